The average molecular weight is 419 g/mol. The SMILES string of the molecule is Cc1nc(Oc2ccccc2F)nc(C)c1NC(=O)c1ccc(-c2cccs2)cc1. The van der Waals surface area contributed by atoms with Gasteiger partial charge < -0.3 is 10.1 Å². The van der Waals surface area contributed by atoms with Crippen molar-refractivity contribution >= 4 is 22.9 Å². The number of amides is 1. The molecule has 0 aliphatic rings. The van der Waals surface area contributed by atoms with Gasteiger partial charge in [-0.05, 0) is 55.1 Å². The fourth-order valence-electron chi connectivity index (χ4n) is 2.95. The van der Waals surface area contributed by atoms with Gasteiger partial charge in [0, 0.05) is 10.4 Å². The van der Waals surface area contributed by atoms with E-state index >= 15 is 0 Å². The van der Waals surface area contributed by atoms with Crippen LogP contribution in [0.25, 0.3) is 10.4 Å². The monoisotopic (exact) mass is 419 g/mol. The topological polar surface area (TPSA) is 64.1 Å². The van der Waals surface area contributed by atoms with Gasteiger partial charge in [-0.2, -0.15) is 9.97 Å². The van der Waals surface area contributed by atoms with Gasteiger partial charge in [-0.3, -0.25) is 4.79 Å². The lowest BCUT2D eigenvalue weighted by Gasteiger charge is -2.13. The Morgan fingerprint density at radius 3 is 2.30 bits per heavy atom. The summed E-state index contributed by atoms with van der Waals surface area (Å²) in [4.78, 5) is 22.3. The minimum atomic E-state index is -0.500. The zero-order valence-electron chi connectivity index (χ0n) is 16.3. The maximum absolute atomic E-state index is 13.8. The number of carbonyl (C=O) groups is 1. The van der Waals surface area contributed by atoms with Crippen LogP contribution >= 0.6 is 11.3 Å². The van der Waals surface area contributed by atoms with Crippen molar-refractivity contribution in [3.63, 3.8) is 0 Å². The number of para-hydroxylation sites is 1. The van der Waals surface area contributed by atoms with Crippen LogP contribution in [0.5, 0.6) is 11.8 Å². The van der Waals surface area contributed by atoms with Crippen LogP contribution in [-0.4, -0.2) is 15.9 Å². The maximum Gasteiger partial charge on any atom is 0.322 e. The molecular formula is C23H18FN3O2S. The molecule has 2 heterocycles. The molecule has 0 bridgehead atoms. The highest BCUT2D eigenvalue weighted by Gasteiger charge is 2.15. The highest BCUT2D eigenvalue weighted by Crippen LogP contribution is 2.27. The minimum Gasteiger partial charge on any atom is -0.421 e. The van der Waals surface area contributed by atoms with Crippen LogP contribution in [0.2, 0.25) is 0 Å². The summed E-state index contributed by atoms with van der Waals surface area (Å²) in [6.45, 7) is 3.47. The molecule has 0 fully saturated rings. The van der Waals surface area contributed by atoms with Gasteiger partial charge in [-0.25, -0.2) is 4.39 Å². The molecule has 5 nitrogen and oxygen atoms in total. The number of hydrogen-bond donors (Lipinski definition) is 1. The first-order valence-electron chi connectivity index (χ1n) is 9.24. The Morgan fingerprint density at radius 1 is 0.967 bits per heavy atom. The van der Waals surface area contributed by atoms with E-state index in [1.807, 2.05) is 29.6 Å². The zero-order valence-corrected chi connectivity index (χ0v) is 17.2. The predicted octanol–water partition coefficient (Wildman–Crippen LogP) is 6.01. The van der Waals surface area contributed by atoms with Crippen molar-refractivity contribution in [2.24, 2.45) is 0 Å². The molecule has 0 atom stereocenters. The molecule has 1 amide bonds. The number of carbonyl (C=O) groups excluding carboxylic acids is 1. The first-order chi connectivity index (χ1) is 14.5. The highest BCUT2D eigenvalue weighted by molar-refractivity contribution is 7.13. The number of aromatic nitrogens is 2. The summed E-state index contributed by atoms with van der Waals surface area (Å²) in [5.74, 6) is -0.719. The van der Waals surface area contributed by atoms with Crippen molar-refractivity contribution in [2.45, 2.75) is 13.8 Å². The molecule has 2 aromatic carbocycles. The summed E-state index contributed by atoms with van der Waals surface area (Å²) in [7, 11) is 0. The van der Waals surface area contributed by atoms with Crippen molar-refractivity contribution in [1.82, 2.24) is 9.97 Å². The van der Waals surface area contributed by atoms with E-state index in [0.717, 1.165) is 10.4 Å². The number of hydrogen-bond acceptors (Lipinski definition) is 5. The van der Waals surface area contributed by atoms with Gasteiger partial charge in [-0.15, -0.1) is 11.3 Å². The number of aryl methyl sites for hydroxylation is 2. The van der Waals surface area contributed by atoms with Crippen LogP contribution in [0.4, 0.5) is 10.1 Å². The highest BCUT2D eigenvalue weighted by atomic mass is 32.1. The molecule has 1 N–H and O–H groups in total. The van der Waals surface area contributed by atoms with Gasteiger partial charge in [0.15, 0.2) is 11.6 Å². The van der Waals surface area contributed by atoms with E-state index in [1.165, 1.54) is 12.1 Å². The summed E-state index contributed by atoms with van der Waals surface area (Å²) < 4.78 is 19.3. The lowest BCUT2D eigenvalue weighted by molar-refractivity contribution is 0.102. The lowest BCUT2D eigenvalue weighted by atomic mass is 10.1. The molecule has 4 rings (SSSR count). The van der Waals surface area contributed by atoms with Crippen molar-refractivity contribution in [3.8, 4) is 22.2 Å². The molecule has 0 aliphatic heterocycles. The molecule has 150 valence electrons. The number of anilines is 1. The van der Waals surface area contributed by atoms with Crippen LogP contribution in [0, 0.1) is 19.7 Å². The van der Waals surface area contributed by atoms with Gasteiger partial charge in [0.1, 0.15) is 0 Å². The fraction of sp³-hybridized carbons (Fsp3) is 0.0870. The molecule has 0 saturated heterocycles. The van der Waals surface area contributed by atoms with Gasteiger partial charge in [0.25, 0.3) is 5.91 Å². The quantitative estimate of drug-likeness (QED) is 0.431. The van der Waals surface area contributed by atoms with Crippen molar-refractivity contribution in [3.05, 3.63) is 88.8 Å². The standard InChI is InChI=1S/C23H18FN3O2S/c1-14-21(15(2)26-23(25-14)29-19-7-4-3-6-18(19)24)27-22(28)17-11-9-16(10-12-17)20-8-5-13-30-20/h3-13H,1-2H3,(H,27,28). The summed E-state index contributed by atoms with van der Waals surface area (Å²) >= 11 is 1.65. The third kappa shape index (κ3) is 4.21. The zero-order chi connectivity index (χ0) is 21.1. The Hall–Kier alpha value is -3.58. The number of halogens is 1. The first kappa shape index (κ1) is 19.7. The summed E-state index contributed by atoms with van der Waals surface area (Å²) in [5.41, 5.74) is 3.14. The second kappa shape index (κ2) is 8.42. The Balaban J connectivity index is 1.51. The van der Waals surface area contributed by atoms with Gasteiger partial charge in [0.05, 0.1) is 17.1 Å². The average Bonchev–Trinajstić information content (AvgIpc) is 3.27. The van der Waals surface area contributed by atoms with E-state index < -0.39 is 5.82 Å². The van der Waals surface area contributed by atoms with E-state index in [4.69, 9.17) is 4.74 Å². The molecule has 0 radical (unpaired) electrons. The number of ether oxygens (including phenoxy) is 1. The maximum atomic E-state index is 13.8. The molecule has 4 aromatic rings. The van der Waals surface area contributed by atoms with Crippen molar-refractivity contribution < 1.29 is 13.9 Å². The van der Waals surface area contributed by atoms with Gasteiger partial charge in [-0.1, -0.05) is 30.3 Å². The largest absolute Gasteiger partial charge is 0.421 e. The molecule has 2 aromatic heterocycles. The van der Waals surface area contributed by atoms with Crippen LogP contribution in [0.3, 0.4) is 0 Å². The second-order valence-electron chi connectivity index (χ2n) is 6.59. The molecule has 0 unspecified atom stereocenters. The molecule has 0 aliphatic carbocycles. The summed E-state index contributed by atoms with van der Waals surface area (Å²) in [6, 6.07) is 17.5. The smallest absolute Gasteiger partial charge is 0.322 e. The Bertz CT molecular complexity index is 1170. The third-order valence-corrected chi connectivity index (χ3v) is 5.40. The third-order valence-electron chi connectivity index (χ3n) is 4.48. The molecular weight excluding hydrogens is 401 g/mol. The van der Waals surface area contributed by atoms with Gasteiger partial charge in [0.2, 0.25) is 0 Å². The Morgan fingerprint density at radius 2 is 1.67 bits per heavy atom. The minimum absolute atomic E-state index is 0.0217. The second-order valence-corrected chi connectivity index (χ2v) is 7.54. The van der Waals surface area contributed by atoms with Gasteiger partial charge >= 0.3 is 6.01 Å². The van der Waals surface area contributed by atoms with Crippen LogP contribution < -0.4 is 10.1 Å². The van der Waals surface area contributed by atoms with E-state index in [1.54, 1.807) is 49.4 Å². The molecule has 30 heavy (non-hydrogen) atoms. The van der Waals surface area contributed by atoms with Crippen LogP contribution in [0.15, 0.2) is 66.0 Å². The molecule has 0 spiro atoms. The number of thiophene rings is 1. The number of rotatable bonds is 5. The predicted molar refractivity (Wildman–Crippen MR) is 116 cm³/mol. The number of nitrogens with zero attached hydrogens (tertiary/aromatic N) is 2. The van der Waals surface area contributed by atoms with Crippen LogP contribution in [0.1, 0.15) is 21.7 Å². The van der Waals surface area contributed by atoms with Crippen LogP contribution in [-0.2, 0) is 0 Å². The van der Waals surface area contributed by atoms with E-state index in [2.05, 4.69) is 15.3 Å². The van der Waals surface area contributed by atoms with Crippen molar-refractivity contribution in [1.29, 1.82) is 0 Å². The lowest BCUT2D eigenvalue weighted by Crippen LogP contribution is -2.15. The molecule has 7 heteroatoms. The summed E-state index contributed by atoms with van der Waals surface area (Å²) in [5, 5.41) is 4.88. The first-order valence-corrected chi connectivity index (χ1v) is 10.1. The summed E-state index contributed by atoms with van der Waals surface area (Å²) in [6.07, 6.45) is 0. The Kier molecular flexibility index (Phi) is 5.54. The fourth-order valence-corrected chi connectivity index (χ4v) is 3.69. The number of benzene rings is 2. The number of nitrogens with one attached hydrogen (secondary N) is 1. The van der Waals surface area contributed by atoms with E-state index in [0.29, 0.717) is 22.6 Å². The van der Waals surface area contributed by atoms with E-state index in [9.17, 15) is 9.18 Å². The normalized spacial score (nSPS) is 10.6. The molecule has 0 saturated carbocycles. The van der Waals surface area contributed by atoms with E-state index in [-0.39, 0.29) is 17.7 Å². The van der Waals surface area contributed by atoms with Crippen molar-refractivity contribution in [2.75, 3.05) is 5.32 Å². The Labute approximate surface area is 177 Å².